The van der Waals surface area contributed by atoms with Gasteiger partial charge >= 0.3 is 0 Å². The molecule has 2 aliphatic rings. The second-order valence-corrected chi connectivity index (χ2v) is 8.25. The van der Waals surface area contributed by atoms with Crippen LogP contribution in [0.1, 0.15) is 43.4 Å². The molecule has 29 heavy (non-hydrogen) atoms. The standard InChI is InChI=1S/C24H33N3O2/c1-3-10-24(11-4-1,27-13-15-28-16-14-27)20-25-18-21-7-6-9-23(17-21)29-19-22-8-2-5-12-26-22/h2,5-9,12,17,25H,1,3-4,10-11,13-16,18-20H2. The van der Waals surface area contributed by atoms with Crippen molar-refractivity contribution < 1.29 is 9.47 Å². The fraction of sp³-hybridized carbons (Fsp3) is 0.542. The molecule has 2 aromatic rings. The van der Waals surface area contributed by atoms with Crippen LogP contribution >= 0.6 is 0 Å². The SMILES string of the molecule is c1ccc(COc2cccc(CNCC3(N4CCOCC4)CCCCC3)c2)nc1. The Balaban J connectivity index is 1.32. The summed E-state index contributed by atoms with van der Waals surface area (Å²) in [6.45, 7) is 6.29. The van der Waals surface area contributed by atoms with Crippen LogP contribution in [0.5, 0.6) is 5.75 Å². The van der Waals surface area contributed by atoms with E-state index in [1.807, 2.05) is 24.3 Å². The lowest BCUT2D eigenvalue weighted by Gasteiger charge is -2.48. The van der Waals surface area contributed by atoms with Gasteiger partial charge in [0.05, 0.1) is 18.9 Å². The highest BCUT2D eigenvalue weighted by Crippen LogP contribution is 2.34. The zero-order chi connectivity index (χ0) is 19.8. The summed E-state index contributed by atoms with van der Waals surface area (Å²) in [4.78, 5) is 7.01. The fourth-order valence-corrected chi connectivity index (χ4v) is 4.68. The summed E-state index contributed by atoms with van der Waals surface area (Å²) in [5.74, 6) is 0.899. The van der Waals surface area contributed by atoms with Crippen LogP contribution in [0, 0.1) is 0 Å². The van der Waals surface area contributed by atoms with Crippen molar-refractivity contribution in [3.05, 3.63) is 59.9 Å². The van der Waals surface area contributed by atoms with Crippen LogP contribution in [0.2, 0.25) is 0 Å². The van der Waals surface area contributed by atoms with Crippen LogP contribution in [-0.2, 0) is 17.9 Å². The van der Waals surface area contributed by atoms with Crippen LogP contribution in [0.4, 0.5) is 0 Å². The van der Waals surface area contributed by atoms with Crippen molar-refractivity contribution in [2.24, 2.45) is 0 Å². The number of benzene rings is 1. The average Bonchev–Trinajstić information content (AvgIpc) is 2.80. The van der Waals surface area contributed by atoms with E-state index < -0.39 is 0 Å². The van der Waals surface area contributed by atoms with Gasteiger partial charge in [-0.25, -0.2) is 0 Å². The number of hydrogen-bond acceptors (Lipinski definition) is 5. The quantitative estimate of drug-likeness (QED) is 0.737. The summed E-state index contributed by atoms with van der Waals surface area (Å²) in [5.41, 5.74) is 2.51. The highest BCUT2D eigenvalue weighted by atomic mass is 16.5. The first-order chi connectivity index (χ1) is 14.3. The Morgan fingerprint density at radius 3 is 2.69 bits per heavy atom. The van der Waals surface area contributed by atoms with E-state index in [2.05, 4.69) is 33.4 Å². The lowest BCUT2D eigenvalue weighted by molar-refractivity contribution is -0.0369. The highest BCUT2D eigenvalue weighted by Gasteiger charge is 2.38. The zero-order valence-corrected chi connectivity index (χ0v) is 17.3. The van der Waals surface area contributed by atoms with Crippen LogP contribution < -0.4 is 10.1 Å². The third kappa shape index (κ3) is 5.56. The predicted molar refractivity (Wildman–Crippen MR) is 115 cm³/mol. The number of hydrogen-bond donors (Lipinski definition) is 1. The van der Waals surface area contributed by atoms with Gasteiger partial charge in [0.1, 0.15) is 12.4 Å². The molecule has 1 aliphatic heterocycles. The maximum Gasteiger partial charge on any atom is 0.130 e. The topological polar surface area (TPSA) is 46.6 Å². The van der Waals surface area contributed by atoms with E-state index in [0.717, 1.165) is 50.8 Å². The van der Waals surface area contributed by atoms with Crippen molar-refractivity contribution in [3.8, 4) is 5.75 Å². The van der Waals surface area contributed by atoms with Crippen molar-refractivity contribution in [2.45, 2.75) is 50.8 Å². The van der Waals surface area contributed by atoms with E-state index in [1.54, 1.807) is 6.20 Å². The molecule has 5 heteroatoms. The summed E-state index contributed by atoms with van der Waals surface area (Å²) < 4.78 is 11.5. The Labute approximate surface area is 174 Å². The summed E-state index contributed by atoms with van der Waals surface area (Å²) in [6, 6.07) is 14.3. The summed E-state index contributed by atoms with van der Waals surface area (Å²) in [5, 5.41) is 3.76. The second kappa shape index (κ2) is 10.2. The van der Waals surface area contributed by atoms with E-state index >= 15 is 0 Å². The van der Waals surface area contributed by atoms with E-state index in [1.165, 1.54) is 37.7 Å². The van der Waals surface area contributed by atoms with Crippen LogP contribution in [0.15, 0.2) is 48.7 Å². The highest BCUT2D eigenvalue weighted by molar-refractivity contribution is 5.28. The molecular formula is C24H33N3O2. The largest absolute Gasteiger partial charge is 0.487 e. The third-order valence-electron chi connectivity index (χ3n) is 6.26. The molecule has 1 aromatic carbocycles. The lowest BCUT2D eigenvalue weighted by atomic mass is 9.79. The monoisotopic (exact) mass is 395 g/mol. The maximum atomic E-state index is 5.93. The first kappa shape index (κ1) is 20.3. The van der Waals surface area contributed by atoms with Gasteiger partial charge in [-0.2, -0.15) is 0 Å². The minimum atomic E-state index is 0.301. The average molecular weight is 396 g/mol. The Hall–Kier alpha value is -1.95. The fourth-order valence-electron chi connectivity index (χ4n) is 4.68. The van der Waals surface area contributed by atoms with Gasteiger partial charge in [0.2, 0.25) is 0 Å². The predicted octanol–water partition coefficient (Wildman–Crippen LogP) is 3.79. The molecule has 0 atom stereocenters. The van der Waals surface area contributed by atoms with Crippen molar-refractivity contribution >= 4 is 0 Å². The van der Waals surface area contributed by atoms with Gasteiger partial charge in [-0.05, 0) is 42.7 Å². The number of morpholine rings is 1. The molecule has 5 nitrogen and oxygen atoms in total. The van der Waals surface area contributed by atoms with Crippen LogP contribution in [0.25, 0.3) is 0 Å². The van der Waals surface area contributed by atoms with Gasteiger partial charge in [-0.15, -0.1) is 0 Å². The molecule has 0 bridgehead atoms. The number of nitrogens with one attached hydrogen (secondary N) is 1. The van der Waals surface area contributed by atoms with E-state index in [-0.39, 0.29) is 0 Å². The lowest BCUT2D eigenvalue weighted by Crippen LogP contribution is -2.59. The molecule has 1 aromatic heterocycles. The van der Waals surface area contributed by atoms with Crippen LogP contribution in [0.3, 0.4) is 0 Å². The minimum absolute atomic E-state index is 0.301. The van der Waals surface area contributed by atoms with E-state index in [0.29, 0.717) is 12.1 Å². The molecule has 1 N–H and O–H groups in total. The number of ether oxygens (including phenoxy) is 2. The zero-order valence-electron chi connectivity index (χ0n) is 17.3. The summed E-state index contributed by atoms with van der Waals surface area (Å²) in [7, 11) is 0. The molecular weight excluding hydrogens is 362 g/mol. The molecule has 1 aliphatic carbocycles. The van der Waals surface area contributed by atoms with Crippen molar-refractivity contribution in [1.29, 1.82) is 0 Å². The van der Waals surface area contributed by atoms with Gasteiger partial charge in [0.25, 0.3) is 0 Å². The molecule has 2 fully saturated rings. The van der Waals surface area contributed by atoms with Gasteiger partial charge in [-0.3, -0.25) is 9.88 Å². The third-order valence-corrected chi connectivity index (χ3v) is 6.26. The van der Waals surface area contributed by atoms with Gasteiger partial charge in [0, 0.05) is 37.9 Å². The van der Waals surface area contributed by atoms with Gasteiger partial charge < -0.3 is 14.8 Å². The molecule has 1 saturated carbocycles. The van der Waals surface area contributed by atoms with Crippen molar-refractivity contribution in [2.75, 3.05) is 32.8 Å². The number of pyridine rings is 1. The minimum Gasteiger partial charge on any atom is -0.487 e. The van der Waals surface area contributed by atoms with Crippen molar-refractivity contribution in [3.63, 3.8) is 0 Å². The second-order valence-electron chi connectivity index (χ2n) is 8.25. The summed E-state index contributed by atoms with van der Waals surface area (Å²) >= 11 is 0. The number of rotatable bonds is 8. The maximum absolute atomic E-state index is 5.93. The normalized spacial score (nSPS) is 19.7. The smallest absolute Gasteiger partial charge is 0.130 e. The van der Waals surface area contributed by atoms with E-state index in [9.17, 15) is 0 Å². The first-order valence-corrected chi connectivity index (χ1v) is 11.0. The van der Waals surface area contributed by atoms with E-state index in [4.69, 9.17) is 9.47 Å². The van der Waals surface area contributed by atoms with Crippen molar-refractivity contribution in [1.82, 2.24) is 15.2 Å². The van der Waals surface area contributed by atoms with Gasteiger partial charge in [0.15, 0.2) is 0 Å². The van der Waals surface area contributed by atoms with Crippen LogP contribution in [-0.4, -0.2) is 48.3 Å². The Kier molecular flexibility index (Phi) is 7.14. The number of aromatic nitrogens is 1. The number of nitrogens with zero attached hydrogens (tertiary/aromatic N) is 2. The molecule has 1 saturated heterocycles. The molecule has 0 unspecified atom stereocenters. The first-order valence-electron chi connectivity index (χ1n) is 11.0. The molecule has 0 spiro atoms. The Morgan fingerprint density at radius 2 is 1.90 bits per heavy atom. The van der Waals surface area contributed by atoms with Gasteiger partial charge in [-0.1, -0.05) is 37.5 Å². The Bertz CT molecular complexity index is 741. The molecule has 4 rings (SSSR count). The Morgan fingerprint density at radius 1 is 1.03 bits per heavy atom. The molecule has 0 radical (unpaired) electrons. The molecule has 0 amide bonds. The summed E-state index contributed by atoms with van der Waals surface area (Å²) in [6.07, 6.45) is 8.46. The molecule has 2 heterocycles. The molecule has 156 valence electrons.